The third-order valence-corrected chi connectivity index (χ3v) is 2.99. The number of carboxylic acid groups (broad SMARTS) is 2. The predicted molar refractivity (Wildman–Crippen MR) is 79.1 cm³/mol. The highest BCUT2D eigenvalue weighted by Gasteiger charge is 2.43. The van der Waals surface area contributed by atoms with Gasteiger partial charge in [-0.3, -0.25) is 14.4 Å². The highest BCUT2D eigenvalue weighted by Crippen LogP contribution is 2.34. The molecule has 0 bridgehead atoms. The van der Waals surface area contributed by atoms with Crippen LogP contribution < -0.4 is 0 Å². The van der Waals surface area contributed by atoms with Gasteiger partial charge in [0.2, 0.25) is 0 Å². The number of hydrogen-bond acceptors (Lipinski definition) is 8. The lowest BCUT2D eigenvalue weighted by atomic mass is 9.75. The van der Waals surface area contributed by atoms with Gasteiger partial charge >= 0.3 is 11.9 Å². The van der Waals surface area contributed by atoms with Crippen molar-refractivity contribution >= 4 is 24.0 Å². The van der Waals surface area contributed by atoms with Gasteiger partial charge in [-0.2, -0.15) is 0 Å². The van der Waals surface area contributed by atoms with E-state index >= 15 is 0 Å². The fourth-order valence-corrected chi connectivity index (χ4v) is 1.92. The van der Waals surface area contributed by atoms with E-state index in [1.807, 2.05) is 0 Å². The Morgan fingerprint density at radius 1 is 1.00 bits per heavy atom. The van der Waals surface area contributed by atoms with E-state index in [-0.39, 0.29) is 12.2 Å². The summed E-state index contributed by atoms with van der Waals surface area (Å²) in [4.78, 5) is 41.1. The molecule has 0 saturated heterocycles. The van der Waals surface area contributed by atoms with E-state index in [0.29, 0.717) is 6.29 Å². The van der Waals surface area contributed by atoms with E-state index in [2.05, 4.69) is 0 Å². The first-order valence-corrected chi connectivity index (χ1v) is 7.00. The van der Waals surface area contributed by atoms with Crippen LogP contribution in [0.5, 0.6) is 0 Å². The second-order valence-electron chi connectivity index (χ2n) is 5.31. The van der Waals surface area contributed by atoms with Crippen molar-refractivity contribution in [1.29, 1.82) is 0 Å². The van der Waals surface area contributed by atoms with E-state index in [0.717, 1.165) is 0 Å². The van der Waals surface area contributed by atoms with Crippen LogP contribution in [0, 0.1) is 5.41 Å². The molecule has 0 aromatic carbocycles. The van der Waals surface area contributed by atoms with Crippen LogP contribution in [0.4, 0.5) is 0 Å². The van der Waals surface area contributed by atoms with Crippen molar-refractivity contribution in [3.05, 3.63) is 0 Å². The van der Waals surface area contributed by atoms with Gasteiger partial charge in [-0.25, -0.2) is 0 Å². The van der Waals surface area contributed by atoms with E-state index in [4.69, 9.17) is 20.4 Å². The molecule has 140 valence electrons. The van der Waals surface area contributed by atoms with Crippen molar-refractivity contribution in [3.8, 4) is 0 Å². The number of carbonyl (C=O) groups excluding carboxylic acids is 2. The molecule has 6 N–H and O–H groups in total. The summed E-state index contributed by atoms with van der Waals surface area (Å²) < 4.78 is 0. The number of rotatable bonds is 11. The smallest absolute Gasteiger partial charge is 0.310 e. The third-order valence-electron chi connectivity index (χ3n) is 2.99. The van der Waals surface area contributed by atoms with Crippen LogP contribution in [0.25, 0.3) is 0 Å². The molecule has 0 aromatic rings. The van der Waals surface area contributed by atoms with Gasteiger partial charge in [-0.15, -0.1) is 0 Å². The van der Waals surface area contributed by atoms with Crippen molar-refractivity contribution < 1.29 is 49.8 Å². The Bertz CT molecular complexity index is 408. The van der Waals surface area contributed by atoms with E-state index in [9.17, 15) is 29.4 Å². The topological polar surface area (TPSA) is 190 Å². The zero-order chi connectivity index (χ0) is 19.3. The second kappa shape index (κ2) is 12.5. The minimum absolute atomic E-state index is 0.0556. The van der Waals surface area contributed by atoms with E-state index in [1.165, 1.54) is 6.92 Å². The average Bonchev–Trinajstić information content (AvgIpc) is 2.46. The third kappa shape index (κ3) is 10.8. The predicted octanol–water partition coefficient (Wildman–Crippen LogP) is -1.82. The van der Waals surface area contributed by atoms with Crippen LogP contribution in [0.1, 0.15) is 32.6 Å². The minimum atomic E-state index is -1.93. The van der Waals surface area contributed by atoms with E-state index < -0.39 is 62.0 Å². The molecule has 10 nitrogen and oxygen atoms in total. The first-order chi connectivity index (χ1) is 11.0. The van der Waals surface area contributed by atoms with Crippen molar-refractivity contribution in [2.24, 2.45) is 5.41 Å². The number of carbonyl (C=O) groups is 4. The molecule has 0 amide bonds. The molecule has 2 atom stereocenters. The van der Waals surface area contributed by atoms with Crippen molar-refractivity contribution in [3.63, 3.8) is 0 Å². The van der Waals surface area contributed by atoms with Gasteiger partial charge in [0.05, 0.1) is 43.7 Å². The molecule has 0 aliphatic rings. The molecule has 2 unspecified atom stereocenters. The normalized spacial score (nSPS) is 15.2. The molecule has 24 heavy (non-hydrogen) atoms. The van der Waals surface area contributed by atoms with Gasteiger partial charge < -0.3 is 35.4 Å². The summed E-state index contributed by atoms with van der Waals surface area (Å²) in [5.41, 5.74) is -1.93. The lowest BCUT2D eigenvalue weighted by Gasteiger charge is -2.31. The molecule has 0 radical (unpaired) electrons. The summed E-state index contributed by atoms with van der Waals surface area (Å²) >= 11 is 0. The molecule has 10 heteroatoms. The maximum Gasteiger partial charge on any atom is 0.310 e. The van der Waals surface area contributed by atoms with Gasteiger partial charge in [0.25, 0.3) is 0 Å². The number of aliphatic hydroxyl groups is 4. The highest BCUT2D eigenvalue weighted by atomic mass is 16.4. The van der Waals surface area contributed by atoms with Crippen LogP contribution in [0.3, 0.4) is 0 Å². The number of hydrogen-bond donors (Lipinski definition) is 6. The monoisotopic (exact) mass is 352 g/mol. The van der Waals surface area contributed by atoms with Crippen molar-refractivity contribution in [2.45, 2.75) is 44.8 Å². The molecule has 0 aromatic heterocycles. The Balaban J connectivity index is 0. The summed E-state index contributed by atoms with van der Waals surface area (Å²) in [5, 5.41) is 53.8. The fourth-order valence-electron chi connectivity index (χ4n) is 1.92. The fraction of sp³-hybridized carbons (Fsp3) is 0.714. The molecule has 0 fully saturated rings. The number of carboxylic acids is 2. The average molecular weight is 352 g/mol. The SMILES string of the molecule is CC(=O)CC=O.O=C(O)CC(CC(O)CO)(CC(O)CO)C(=O)O. The Labute approximate surface area is 138 Å². The van der Waals surface area contributed by atoms with Gasteiger partial charge in [-0.05, 0) is 19.8 Å². The van der Waals surface area contributed by atoms with Crippen LogP contribution in [0.2, 0.25) is 0 Å². The standard InChI is InChI=1S/C10H18O8.C4H6O2/c11-4-6(13)1-10(9(17)18,3-8(15)16)2-7(14)5-12;1-4(6)2-3-5/h6-7,11-14H,1-5H2,(H,15,16)(H,17,18);3H,2H2,1H3. The highest BCUT2D eigenvalue weighted by molar-refractivity contribution is 5.87. The van der Waals surface area contributed by atoms with Crippen molar-refractivity contribution in [1.82, 2.24) is 0 Å². The van der Waals surface area contributed by atoms with Gasteiger partial charge in [0, 0.05) is 0 Å². The van der Waals surface area contributed by atoms with Crippen molar-refractivity contribution in [2.75, 3.05) is 13.2 Å². The molecular formula is C14H24O10. The zero-order valence-corrected chi connectivity index (χ0v) is 13.3. The number of Topliss-reactive ketones (excluding diaryl/α,β-unsaturated/α-hetero) is 1. The molecule has 0 aliphatic carbocycles. The first kappa shape index (κ1) is 24.4. The van der Waals surface area contributed by atoms with Crippen LogP contribution in [0.15, 0.2) is 0 Å². The summed E-state index contributed by atoms with van der Waals surface area (Å²) in [7, 11) is 0. The summed E-state index contributed by atoms with van der Waals surface area (Å²) in [6.07, 6.45) is -4.04. The second-order valence-corrected chi connectivity index (χ2v) is 5.31. The Kier molecular flexibility index (Phi) is 12.7. The molecular weight excluding hydrogens is 328 g/mol. The number of aldehydes is 1. The van der Waals surface area contributed by atoms with Crippen LogP contribution in [-0.2, 0) is 19.2 Å². The first-order valence-electron chi connectivity index (χ1n) is 7.00. The van der Waals surface area contributed by atoms with Gasteiger partial charge in [-0.1, -0.05) is 0 Å². The van der Waals surface area contributed by atoms with Gasteiger partial charge in [0.15, 0.2) is 0 Å². The molecule has 0 heterocycles. The minimum Gasteiger partial charge on any atom is -0.481 e. The maximum absolute atomic E-state index is 11.2. The summed E-state index contributed by atoms with van der Waals surface area (Å²) in [6, 6.07) is 0. The van der Waals surface area contributed by atoms with Crippen LogP contribution >= 0.6 is 0 Å². The van der Waals surface area contributed by atoms with Crippen LogP contribution in [-0.4, -0.2) is 80.1 Å². The zero-order valence-electron chi connectivity index (χ0n) is 13.3. The Morgan fingerprint density at radius 2 is 1.42 bits per heavy atom. The molecule has 0 saturated carbocycles. The molecule has 0 aliphatic heterocycles. The summed E-state index contributed by atoms with van der Waals surface area (Å²) in [6.45, 7) is -0.0534. The summed E-state index contributed by atoms with van der Waals surface area (Å²) in [5.74, 6) is -3.00. The Hall–Kier alpha value is -1.88. The maximum atomic E-state index is 11.2. The lowest BCUT2D eigenvalue weighted by Crippen LogP contribution is -2.41. The van der Waals surface area contributed by atoms with E-state index in [1.54, 1.807) is 0 Å². The quantitative estimate of drug-likeness (QED) is 0.182. The number of ketones is 1. The molecule has 0 spiro atoms. The number of aliphatic hydroxyl groups excluding tert-OH is 4. The van der Waals surface area contributed by atoms with Gasteiger partial charge in [0.1, 0.15) is 12.1 Å². The Morgan fingerprint density at radius 3 is 1.58 bits per heavy atom. The largest absolute Gasteiger partial charge is 0.481 e. The molecule has 0 rings (SSSR count). The lowest BCUT2D eigenvalue weighted by molar-refractivity contribution is -0.161. The number of aliphatic carboxylic acids is 2.